The van der Waals surface area contributed by atoms with Crippen molar-refractivity contribution in [3.05, 3.63) is 59.9 Å². The van der Waals surface area contributed by atoms with Crippen molar-refractivity contribution in [2.75, 3.05) is 25.6 Å². The van der Waals surface area contributed by atoms with Crippen LogP contribution < -0.4 is 10.1 Å². The quantitative estimate of drug-likeness (QED) is 0.545. The first kappa shape index (κ1) is 22.8. The van der Waals surface area contributed by atoms with Crippen molar-refractivity contribution in [1.29, 1.82) is 0 Å². The van der Waals surface area contributed by atoms with Crippen LogP contribution in [-0.4, -0.2) is 47.2 Å². The van der Waals surface area contributed by atoms with Gasteiger partial charge in [0.2, 0.25) is 11.5 Å². The van der Waals surface area contributed by atoms with Gasteiger partial charge in [0.05, 0.1) is 25.3 Å². The van der Waals surface area contributed by atoms with E-state index in [1.807, 2.05) is 6.92 Å². The molecule has 2 aromatic heterocycles. The van der Waals surface area contributed by atoms with E-state index in [4.69, 9.17) is 9.47 Å². The van der Waals surface area contributed by atoms with E-state index in [1.165, 1.54) is 25.4 Å². The zero-order valence-corrected chi connectivity index (χ0v) is 17.4. The highest BCUT2D eigenvalue weighted by atomic mass is 19.4. The molecule has 1 aromatic carbocycles. The third-order valence-electron chi connectivity index (χ3n) is 4.97. The van der Waals surface area contributed by atoms with Crippen LogP contribution in [-0.2, 0) is 4.74 Å². The Morgan fingerprint density at radius 1 is 1.13 bits per heavy atom. The number of aromatic nitrogens is 2. The van der Waals surface area contributed by atoms with Gasteiger partial charge < -0.3 is 19.9 Å². The molecule has 2 atom stereocenters. The summed E-state index contributed by atoms with van der Waals surface area (Å²) in [6.07, 6.45) is -3.74. The number of hydrogen-bond donors (Lipinski definition) is 2. The van der Waals surface area contributed by atoms with Crippen molar-refractivity contribution < 1.29 is 27.8 Å². The first-order valence-electron chi connectivity index (χ1n) is 9.69. The topological polar surface area (TPSA) is 76.5 Å². The molecule has 3 aromatic rings. The molecule has 3 rings (SSSR count). The number of fused-ring (bicyclic) bond motifs is 1. The number of hydrogen-bond acceptors (Lipinski definition) is 6. The Balaban J connectivity index is 2.13. The van der Waals surface area contributed by atoms with Gasteiger partial charge in [-0.3, -0.25) is 4.98 Å². The Morgan fingerprint density at radius 3 is 2.52 bits per heavy atom. The molecule has 31 heavy (non-hydrogen) atoms. The lowest BCUT2D eigenvalue weighted by molar-refractivity contribution is -0.281. The molecule has 0 amide bonds. The van der Waals surface area contributed by atoms with Gasteiger partial charge in [0.1, 0.15) is 0 Å². The molecule has 0 saturated carbocycles. The third-order valence-corrected chi connectivity index (χ3v) is 4.97. The Bertz CT molecular complexity index is 1030. The van der Waals surface area contributed by atoms with Gasteiger partial charge in [-0.05, 0) is 49.7 Å². The molecule has 0 aliphatic rings. The molecule has 2 unspecified atom stereocenters. The second kappa shape index (κ2) is 9.07. The van der Waals surface area contributed by atoms with Gasteiger partial charge in [0, 0.05) is 35.6 Å². The molecule has 0 fully saturated rings. The first-order chi connectivity index (χ1) is 14.7. The molecule has 166 valence electrons. The predicted octanol–water partition coefficient (Wildman–Crippen LogP) is 4.43. The number of anilines is 1. The number of nitrogens with zero attached hydrogens (tertiary/aromatic N) is 2. The summed E-state index contributed by atoms with van der Waals surface area (Å²) < 4.78 is 52.5. The van der Waals surface area contributed by atoms with Gasteiger partial charge in [-0.15, -0.1) is 0 Å². The Morgan fingerprint density at radius 2 is 1.90 bits per heavy atom. The zero-order valence-electron chi connectivity index (χ0n) is 17.4. The van der Waals surface area contributed by atoms with Crippen LogP contribution in [0, 0.1) is 6.92 Å². The lowest BCUT2D eigenvalue weighted by Gasteiger charge is -2.38. The van der Waals surface area contributed by atoms with Gasteiger partial charge in [-0.2, -0.15) is 13.2 Å². The Hall–Kier alpha value is -2.91. The molecule has 2 heterocycles. The summed E-state index contributed by atoms with van der Waals surface area (Å²) in [4.78, 5) is 8.44. The van der Waals surface area contributed by atoms with Gasteiger partial charge >= 0.3 is 6.18 Å². The predicted molar refractivity (Wildman–Crippen MR) is 111 cm³/mol. The van der Waals surface area contributed by atoms with E-state index in [9.17, 15) is 18.3 Å². The molecular formula is C22H24F3N3O3. The lowest BCUT2D eigenvalue weighted by atomic mass is 9.88. The van der Waals surface area contributed by atoms with Crippen LogP contribution in [0.5, 0.6) is 5.88 Å². The maximum absolute atomic E-state index is 14.2. The van der Waals surface area contributed by atoms with Gasteiger partial charge in [0.15, 0.2) is 0 Å². The minimum atomic E-state index is -4.99. The van der Waals surface area contributed by atoms with Crippen molar-refractivity contribution >= 4 is 16.6 Å². The summed E-state index contributed by atoms with van der Waals surface area (Å²) >= 11 is 0. The van der Waals surface area contributed by atoms with E-state index < -0.39 is 24.4 Å². The number of aliphatic hydroxyl groups is 1. The first-order valence-corrected chi connectivity index (χ1v) is 9.69. The highest BCUT2D eigenvalue weighted by Crippen LogP contribution is 2.43. The summed E-state index contributed by atoms with van der Waals surface area (Å²) in [6.45, 7) is 2.46. The molecular weight excluding hydrogens is 411 g/mol. The number of halogens is 3. The number of alkyl halides is 3. The summed E-state index contributed by atoms with van der Waals surface area (Å²) in [5.74, 6) is 0.243. The van der Waals surface area contributed by atoms with Crippen LogP contribution in [0.25, 0.3) is 10.9 Å². The smallest absolute Gasteiger partial charge is 0.421 e. The molecule has 0 bridgehead atoms. The van der Waals surface area contributed by atoms with Crippen molar-refractivity contribution in [3.8, 4) is 5.88 Å². The van der Waals surface area contributed by atoms with Gasteiger partial charge in [0.25, 0.3) is 0 Å². The van der Waals surface area contributed by atoms with E-state index in [1.54, 1.807) is 37.3 Å². The van der Waals surface area contributed by atoms with Crippen molar-refractivity contribution in [1.82, 2.24) is 9.97 Å². The normalized spacial score (nSPS) is 14.8. The second-order valence-corrected chi connectivity index (χ2v) is 7.10. The number of rotatable bonds is 8. The number of aryl methyl sites for hydroxylation is 1. The lowest BCUT2D eigenvalue weighted by Crippen LogP contribution is -2.56. The highest BCUT2D eigenvalue weighted by Gasteiger charge is 2.59. The molecule has 2 N–H and O–H groups in total. The van der Waals surface area contributed by atoms with Crippen molar-refractivity contribution in [2.45, 2.75) is 31.7 Å². The van der Waals surface area contributed by atoms with E-state index in [0.717, 1.165) is 5.69 Å². The largest absolute Gasteiger partial charge is 0.481 e. The van der Waals surface area contributed by atoms with E-state index >= 15 is 0 Å². The minimum Gasteiger partial charge on any atom is -0.481 e. The minimum absolute atomic E-state index is 0.0173. The number of nitrogens with one attached hydrogen (secondary N) is 1. The Labute approximate surface area is 178 Å². The number of ether oxygens (including phenoxy) is 2. The molecule has 0 saturated heterocycles. The van der Waals surface area contributed by atoms with Crippen LogP contribution in [0.1, 0.15) is 24.2 Å². The van der Waals surface area contributed by atoms with E-state index in [-0.39, 0.29) is 18.1 Å². The zero-order chi connectivity index (χ0) is 22.6. The van der Waals surface area contributed by atoms with Crippen LogP contribution in [0.3, 0.4) is 0 Å². The van der Waals surface area contributed by atoms with Crippen molar-refractivity contribution in [3.63, 3.8) is 0 Å². The van der Waals surface area contributed by atoms with Crippen LogP contribution in [0.15, 0.2) is 48.7 Å². The number of benzene rings is 1. The fourth-order valence-corrected chi connectivity index (χ4v) is 3.29. The molecule has 0 radical (unpaired) electrons. The SMILES string of the molecule is CCOCC(O)(C(Nc1cccc2nc(C)ccc12)c1ccc(OC)nc1)C(F)(F)F. The fraction of sp³-hybridized carbons (Fsp3) is 0.364. The molecule has 0 spiro atoms. The maximum Gasteiger partial charge on any atom is 0.421 e. The third kappa shape index (κ3) is 4.72. The van der Waals surface area contributed by atoms with Gasteiger partial charge in [-0.25, -0.2) is 4.98 Å². The van der Waals surface area contributed by atoms with Crippen LogP contribution in [0.2, 0.25) is 0 Å². The summed E-state index contributed by atoms with van der Waals surface area (Å²) in [7, 11) is 1.41. The van der Waals surface area contributed by atoms with Crippen LogP contribution in [0.4, 0.5) is 18.9 Å². The molecule has 0 aliphatic heterocycles. The van der Waals surface area contributed by atoms with Gasteiger partial charge in [-0.1, -0.05) is 6.07 Å². The number of methoxy groups -OCH3 is 1. The average Bonchev–Trinajstić information content (AvgIpc) is 2.75. The standard InChI is InChI=1S/C22H24F3N3O3/c1-4-31-13-21(29,22(23,24)25)20(15-9-11-19(30-3)26-12-15)28-18-7-5-6-17-16(18)10-8-14(2)27-17/h5-12,20,28-29H,4,13H2,1-3H3. The summed E-state index contributed by atoms with van der Waals surface area (Å²) in [6, 6.07) is 9.91. The second-order valence-electron chi connectivity index (χ2n) is 7.10. The highest BCUT2D eigenvalue weighted by molar-refractivity contribution is 5.91. The van der Waals surface area contributed by atoms with Crippen LogP contribution >= 0.6 is 0 Å². The molecule has 9 heteroatoms. The maximum atomic E-state index is 14.2. The van der Waals surface area contributed by atoms with E-state index in [2.05, 4.69) is 15.3 Å². The molecule has 6 nitrogen and oxygen atoms in total. The molecule has 0 aliphatic carbocycles. The summed E-state index contributed by atoms with van der Waals surface area (Å²) in [5, 5.41) is 14.4. The number of pyridine rings is 2. The summed E-state index contributed by atoms with van der Waals surface area (Å²) in [5.41, 5.74) is -1.30. The van der Waals surface area contributed by atoms with E-state index in [0.29, 0.717) is 16.6 Å². The fourth-order valence-electron chi connectivity index (χ4n) is 3.29. The monoisotopic (exact) mass is 435 g/mol. The average molecular weight is 435 g/mol. The Kier molecular flexibility index (Phi) is 6.66. The van der Waals surface area contributed by atoms with Crippen molar-refractivity contribution in [2.24, 2.45) is 0 Å².